The average molecular weight is 368 g/mol. The summed E-state index contributed by atoms with van der Waals surface area (Å²) in [6.07, 6.45) is 0. The van der Waals surface area contributed by atoms with E-state index in [0.29, 0.717) is 22.2 Å². The number of hydrogen-bond acceptors (Lipinski definition) is 6. The Balaban J connectivity index is 1.62. The van der Waals surface area contributed by atoms with Gasteiger partial charge in [0.05, 0.1) is 31.9 Å². The maximum atomic E-state index is 12.3. The van der Waals surface area contributed by atoms with Crippen molar-refractivity contribution in [3.63, 3.8) is 0 Å². The third kappa shape index (κ3) is 4.24. The van der Waals surface area contributed by atoms with Gasteiger partial charge in [0.2, 0.25) is 0 Å². The van der Waals surface area contributed by atoms with Crippen molar-refractivity contribution in [3.05, 3.63) is 39.3 Å². The number of ether oxygens (including phenoxy) is 2. The minimum atomic E-state index is -0.249. The summed E-state index contributed by atoms with van der Waals surface area (Å²) in [6.45, 7) is 4.03. The van der Waals surface area contributed by atoms with Gasteiger partial charge in [-0.3, -0.25) is 9.69 Å². The Hall–Kier alpha value is -1.67. The topological polar surface area (TPSA) is 63.7 Å². The lowest BCUT2D eigenvalue weighted by atomic mass is 10.3. The Morgan fingerprint density at radius 1 is 1.46 bits per heavy atom. The molecule has 0 atom stereocenters. The van der Waals surface area contributed by atoms with Crippen LogP contribution >= 0.6 is 22.9 Å². The molecule has 1 aliphatic rings. The zero-order valence-corrected chi connectivity index (χ0v) is 14.8. The van der Waals surface area contributed by atoms with Crippen molar-refractivity contribution in [3.8, 4) is 5.75 Å². The summed E-state index contributed by atoms with van der Waals surface area (Å²) in [4.78, 5) is 19.0. The fraction of sp³-hybridized carbons (Fsp3) is 0.375. The number of rotatable bonds is 5. The van der Waals surface area contributed by atoms with E-state index in [1.54, 1.807) is 30.7 Å². The second-order valence-corrected chi connectivity index (χ2v) is 6.67. The summed E-state index contributed by atoms with van der Waals surface area (Å²) in [5.41, 5.74) is 1.02. The van der Waals surface area contributed by atoms with Gasteiger partial charge in [-0.25, -0.2) is 4.98 Å². The standard InChI is InChI=1S/C16H18ClN3O3S/c1-22-14-3-2-11(8-12(14)17)18-16(21)13-10-24-15(19-13)9-20-4-6-23-7-5-20/h2-3,8,10H,4-7,9H2,1H3,(H,18,21). The van der Waals surface area contributed by atoms with Gasteiger partial charge in [0.1, 0.15) is 16.5 Å². The van der Waals surface area contributed by atoms with E-state index in [2.05, 4.69) is 15.2 Å². The summed E-state index contributed by atoms with van der Waals surface area (Å²) in [6, 6.07) is 5.10. The minimum Gasteiger partial charge on any atom is -0.495 e. The Morgan fingerprint density at radius 2 is 2.25 bits per heavy atom. The van der Waals surface area contributed by atoms with Crippen LogP contribution in [0.25, 0.3) is 0 Å². The Kier molecular flexibility index (Phi) is 5.68. The molecular formula is C16H18ClN3O3S. The van der Waals surface area contributed by atoms with E-state index in [1.807, 2.05) is 0 Å². The molecule has 128 valence electrons. The fourth-order valence-corrected chi connectivity index (χ4v) is 3.45. The SMILES string of the molecule is COc1ccc(NC(=O)c2csc(CN3CCOCC3)n2)cc1Cl. The number of anilines is 1. The number of aromatic nitrogens is 1. The summed E-state index contributed by atoms with van der Waals surface area (Å²) < 4.78 is 10.4. The lowest BCUT2D eigenvalue weighted by Crippen LogP contribution is -2.35. The molecule has 0 radical (unpaired) electrons. The van der Waals surface area contributed by atoms with Crippen LogP contribution in [0.1, 0.15) is 15.5 Å². The van der Waals surface area contributed by atoms with Gasteiger partial charge in [-0.05, 0) is 18.2 Å². The van der Waals surface area contributed by atoms with Gasteiger partial charge < -0.3 is 14.8 Å². The predicted octanol–water partition coefficient (Wildman–Crippen LogP) is 2.89. The number of benzene rings is 1. The maximum absolute atomic E-state index is 12.3. The van der Waals surface area contributed by atoms with Crippen LogP contribution < -0.4 is 10.1 Å². The predicted molar refractivity (Wildman–Crippen MR) is 94.2 cm³/mol. The van der Waals surface area contributed by atoms with Crippen LogP contribution in [0.5, 0.6) is 5.75 Å². The molecule has 3 rings (SSSR count). The first-order chi connectivity index (χ1) is 11.7. The molecule has 2 heterocycles. The number of amides is 1. The van der Waals surface area contributed by atoms with Gasteiger partial charge in [-0.1, -0.05) is 11.6 Å². The van der Waals surface area contributed by atoms with E-state index >= 15 is 0 Å². The molecule has 6 nitrogen and oxygen atoms in total. The number of carbonyl (C=O) groups excluding carboxylic acids is 1. The lowest BCUT2D eigenvalue weighted by Gasteiger charge is -2.25. The van der Waals surface area contributed by atoms with E-state index in [9.17, 15) is 4.79 Å². The van der Waals surface area contributed by atoms with Gasteiger partial charge in [-0.2, -0.15) is 0 Å². The van der Waals surface area contributed by atoms with Gasteiger partial charge >= 0.3 is 0 Å². The van der Waals surface area contributed by atoms with Gasteiger partial charge in [0, 0.05) is 24.2 Å². The van der Waals surface area contributed by atoms with E-state index < -0.39 is 0 Å². The Morgan fingerprint density at radius 3 is 2.96 bits per heavy atom. The summed E-state index contributed by atoms with van der Waals surface area (Å²) in [7, 11) is 1.55. The second kappa shape index (κ2) is 7.94. The van der Waals surface area contributed by atoms with Crippen LogP contribution in [0, 0.1) is 0 Å². The van der Waals surface area contributed by atoms with E-state index in [-0.39, 0.29) is 5.91 Å². The first-order valence-corrected chi connectivity index (χ1v) is 8.81. The van der Waals surface area contributed by atoms with E-state index in [1.165, 1.54) is 11.3 Å². The normalized spacial score (nSPS) is 15.2. The lowest BCUT2D eigenvalue weighted by molar-refractivity contribution is 0.0341. The van der Waals surface area contributed by atoms with Crippen molar-refractivity contribution < 1.29 is 14.3 Å². The number of morpholine rings is 1. The molecule has 24 heavy (non-hydrogen) atoms. The highest BCUT2D eigenvalue weighted by Gasteiger charge is 2.16. The highest BCUT2D eigenvalue weighted by molar-refractivity contribution is 7.09. The monoisotopic (exact) mass is 367 g/mol. The van der Waals surface area contributed by atoms with Crippen LogP contribution in [0.15, 0.2) is 23.6 Å². The Labute approximate surface area is 149 Å². The molecule has 0 bridgehead atoms. The molecule has 2 aromatic rings. The Bertz CT molecular complexity index is 716. The number of thiazole rings is 1. The molecule has 1 fully saturated rings. The zero-order chi connectivity index (χ0) is 16.9. The maximum Gasteiger partial charge on any atom is 0.275 e. The highest BCUT2D eigenvalue weighted by Crippen LogP contribution is 2.27. The first kappa shape index (κ1) is 17.2. The molecule has 0 saturated carbocycles. The van der Waals surface area contributed by atoms with Crippen molar-refractivity contribution >= 4 is 34.5 Å². The summed E-state index contributed by atoms with van der Waals surface area (Å²) >= 11 is 7.56. The van der Waals surface area contributed by atoms with Crippen molar-refractivity contribution in [1.82, 2.24) is 9.88 Å². The highest BCUT2D eigenvalue weighted by atomic mass is 35.5. The van der Waals surface area contributed by atoms with Crippen LogP contribution in [-0.4, -0.2) is 49.2 Å². The second-order valence-electron chi connectivity index (χ2n) is 5.32. The smallest absolute Gasteiger partial charge is 0.275 e. The van der Waals surface area contributed by atoms with Crippen LogP contribution in [0.4, 0.5) is 5.69 Å². The molecule has 1 N–H and O–H groups in total. The van der Waals surface area contributed by atoms with Gasteiger partial charge in [-0.15, -0.1) is 11.3 Å². The van der Waals surface area contributed by atoms with Crippen LogP contribution in [-0.2, 0) is 11.3 Å². The first-order valence-electron chi connectivity index (χ1n) is 7.55. The van der Waals surface area contributed by atoms with Crippen molar-refractivity contribution in [1.29, 1.82) is 0 Å². The van der Waals surface area contributed by atoms with E-state index in [4.69, 9.17) is 21.1 Å². The summed E-state index contributed by atoms with van der Waals surface area (Å²) in [5, 5.41) is 5.94. The third-order valence-electron chi connectivity index (χ3n) is 3.66. The molecule has 1 aromatic carbocycles. The third-order valence-corrected chi connectivity index (χ3v) is 4.79. The molecule has 1 saturated heterocycles. The molecule has 1 aromatic heterocycles. The minimum absolute atomic E-state index is 0.249. The quantitative estimate of drug-likeness (QED) is 0.880. The molecule has 8 heteroatoms. The molecule has 1 aliphatic heterocycles. The van der Waals surface area contributed by atoms with Crippen LogP contribution in [0.2, 0.25) is 5.02 Å². The molecule has 0 aliphatic carbocycles. The summed E-state index contributed by atoms with van der Waals surface area (Å²) in [5.74, 6) is 0.317. The van der Waals surface area contributed by atoms with Crippen LogP contribution in [0.3, 0.4) is 0 Å². The van der Waals surface area contributed by atoms with Gasteiger partial charge in [0.25, 0.3) is 5.91 Å². The number of halogens is 1. The van der Waals surface area contributed by atoms with E-state index in [0.717, 1.165) is 37.9 Å². The molecule has 0 spiro atoms. The number of carbonyl (C=O) groups is 1. The van der Waals surface area contributed by atoms with Crippen molar-refractivity contribution in [2.75, 3.05) is 38.7 Å². The molecule has 0 unspecified atom stereocenters. The largest absolute Gasteiger partial charge is 0.495 e. The van der Waals surface area contributed by atoms with Gasteiger partial charge in [0.15, 0.2) is 0 Å². The molecular weight excluding hydrogens is 350 g/mol. The zero-order valence-electron chi connectivity index (χ0n) is 13.3. The number of methoxy groups -OCH3 is 1. The fourth-order valence-electron chi connectivity index (χ4n) is 2.38. The van der Waals surface area contributed by atoms with Crippen molar-refractivity contribution in [2.24, 2.45) is 0 Å². The number of nitrogens with zero attached hydrogens (tertiary/aromatic N) is 2. The molecule has 1 amide bonds. The number of nitrogens with one attached hydrogen (secondary N) is 1. The average Bonchev–Trinajstić information content (AvgIpc) is 3.04. The van der Waals surface area contributed by atoms with Crippen molar-refractivity contribution in [2.45, 2.75) is 6.54 Å². The number of hydrogen-bond donors (Lipinski definition) is 1.